The molecule has 1 saturated carbocycles. The molecule has 1 aliphatic rings. The van der Waals surface area contributed by atoms with E-state index in [9.17, 15) is 18.3 Å². The minimum Gasteiger partial charge on any atom is -0.396 e. The third-order valence-electron chi connectivity index (χ3n) is 7.53. The van der Waals surface area contributed by atoms with Crippen LogP contribution in [0.25, 0.3) is 26.5 Å². The van der Waals surface area contributed by atoms with Gasteiger partial charge >= 0.3 is 6.18 Å². The van der Waals surface area contributed by atoms with E-state index in [2.05, 4.69) is 30.7 Å². The number of nitrogens with zero attached hydrogens (tertiary/aromatic N) is 6. The molecule has 0 saturated heterocycles. The number of halogens is 3. The van der Waals surface area contributed by atoms with Crippen LogP contribution < -0.4 is 10.6 Å². The van der Waals surface area contributed by atoms with E-state index in [-0.39, 0.29) is 30.1 Å². The molecule has 9 nitrogen and oxygen atoms in total. The molecule has 0 spiro atoms. The van der Waals surface area contributed by atoms with Crippen molar-refractivity contribution in [2.75, 3.05) is 17.2 Å². The fraction of sp³-hybridized carbons (Fsp3) is 0.345. The fourth-order valence-electron chi connectivity index (χ4n) is 5.38. The summed E-state index contributed by atoms with van der Waals surface area (Å²) in [6, 6.07) is 7.63. The van der Waals surface area contributed by atoms with Crippen molar-refractivity contribution in [1.29, 1.82) is 0 Å². The highest BCUT2D eigenvalue weighted by Crippen LogP contribution is 2.40. The Morgan fingerprint density at radius 3 is 2.52 bits per heavy atom. The summed E-state index contributed by atoms with van der Waals surface area (Å²) in [7, 11) is 0. The van der Waals surface area contributed by atoms with Gasteiger partial charge in [-0.15, -0.1) is 11.3 Å². The third-order valence-corrected chi connectivity index (χ3v) is 8.57. The van der Waals surface area contributed by atoms with Crippen LogP contribution in [0.4, 0.5) is 24.9 Å². The van der Waals surface area contributed by atoms with Crippen LogP contribution in [-0.2, 0) is 0 Å². The van der Waals surface area contributed by atoms with E-state index in [1.54, 1.807) is 48.4 Å². The Labute approximate surface area is 243 Å². The second-order valence-corrected chi connectivity index (χ2v) is 11.5. The molecule has 0 amide bonds. The van der Waals surface area contributed by atoms with E-state index in [0.717, 1.165) is 35.2 Å². The number of aliphatic hydroxyl groups excluding tert-OH is 1. The zero-order valence-electron chi connectivity index (χ0n) is 22.9. The lowest BCUT2D eigenvalue weighted by atomic mass is 10.1. The largest absolute Gasteiger partial charge is 0.412 e. The number of aliphatic hydroxyl groups is 1. The first kappa shape index (κ1) is 28.0. The minimum atomic E-state index is -4.62. The number of aryl methyl sites for hydroxylation is 2. The van der Waals surface area contributed by atoms with Gasteiger partial charge in [-0.25, -0.2) is 14.6 Å². The predicted octanol–water partition coefficient (Wildman–Crippen LogP) is 6.24. The van der Waals surface area contributed by atoms with E-state index in [1.165, 1.54) is 23.5 Å². The second kappa shape index (κ2) is 11.3. The maximum absolute atomic E-state index is 14.4. The first-order chi connectivity index (χ1) is 20.2. The van der Waals surface area contributed by atoms with Crippen molar-refractivity contribution in [3.63, 3.8) is 0 Å². The molecule has 0 radical (unpaired) electrons. The van der Waals surface area contributed by atoms with E-state index >= 15 is 0 Å². The van der Waals surface area contributed by atoms with Crippen molar-refractivity contribution in [3.8, 4) is 16.3 Å². The van der Waals surface area contributed by atoms with Crippen molar-refractivity contribution >= 4 is 33.3 Å². The minimum absolute atomic E-state index is 0.00841. The average molecular weight is 595 g/mol. The molecule has 1 aromatic carbocycles. The molecule has 5 aromatic rings. The van der Waals surface area contributed by atoms with Gasteiger partial charge in [0.15, 0.2) is 6.04 Å². The molecule has 6 rings (SSSR count). The van der Waals surface area contributed by atoms with Gasteiger partial charge in [0.1, 0.15) is 16.3 Å². The monoisotopic (exact) mass is 594 g/mol. The molecule has 218 valence electrons. The quantitative estimate of drug-likeness (QED) is 0.194. The Morgan fingerprint density at radius 2 is 1.86 bits per heavy atom. The highest BCUT2D eigenvalue weighted by molar-refractivity contribution is 7.21. The molecular weight excluding hydrogens is 565 g/mol. The van der Waals surface area contributed by atoms with E-state index in [4.69, 9.17) is 4.98 Å². The van der Waals surface area contributed by atoms with Crippen LogP contribution >= 0.6 is 11.3 Å². The van der Waals surface area contributed by atoms with Crippen molar-refractivity contribution < 1.29 is 18.3 Å². The molecule has 3 N–H and O–H groups in total. The summed E-state index contributed by atoms with van der Waals surface area (Å²) >= 11 is 1.46. The van der Waals surface area contributed by atoms with Gasteiger partial charge in [0.2, 0.25) is 5.95 Å². The summed E-state index contributed by atoms with van der Waals surface area (Å²) in [5.41, 5.74) is 3.35. The van der Waals surface area contributed by atoms with Crippen LogP contribution in [0.3, 0.4) is 0 Å². The number of thiazole rings is 1. The Morgan fingerprint density at radius 1 is 1.05 bits per heavy atom. The fourth-order valence-corrected chi connectivity index (χ4v) is 6.49. The number of nitrogens with one attached hydrogen (secondary N) is 2. The summed E-state index contributed by atoms with van der Waals surface area (Å²) in [4.78, 5) is 18.2. The van der Waals surface area contributed by atoms with Crippen LogP contribution in [0.1, 0.15) is 42.3 Å². The van der Waals surface area contributed by atoms with Gasteiger partial charge in [-0.3, -0.25) is 4.98 Å². The maximum Gasteiger partial charge on any atom is 0.412 e. The molecule has 1 fully saturated rings. The number of rotatable bonds is 8. The first-order valence-electron chi connectivity index (χ1n) is 13.6. The van der Waals surface area contributed by atoms with E-state index in [1.807, 2.05) is 13.0 Å². The molecule has 0 aliphatic heterocycles. The number of pyridine rings is 1. The molecule has 13 heteroatoms. The number of fused-ring (bicyclic) bond motifs is 1. The van der Waals surface area contributed by atoms with Crippen LogP contribution in [0.2, 0.25) is 0 Å². The predicted molar refractivity (Wildman–Crippen MR) is 156 cm³/mol. The molecule has 4 aromatic heterocycles. The topological polar surface area (TPSA) is 114 Å². The number of alkyl halides is 3. The van der Waals surface area contributed by atoms with Crippen LogP contribution in [-0.4, -0.2) is 53.6 Å². The van der Waals surface area contributed by atoms with Gasteiger partial charge in [0.25, 0.3) is 0 Å². The Kier molecular flexibility index (Phi) is 7.54. The first-order valence-corrected chi connectivity index (χ1v) is 14.4. The lowest BCUT2D eigenvalue weighted by Gasteiger charge is -2.24. The molecular formula is C29H29F3N8OS. The van der Waals surface area contributed by atoms with Crippen molar-refractivity contribution in [2.45, 2.75) is 51.4 Å². The zero-order valence-corrected chi connectivity index (χ0v) is 23.7. The van der Waals surface area contributed by atoms with Crippen molar-refractivity contribution in [3.05, 3.63) is 71.9 Å². The number of aromatic nitrogens is 6. The zero-order chi connectivity index (χ0) is 29.4. The van der Waals surface area contributed by atoms with E-state index < -0.39 is 12.2 Å². The standard InChI is InChI=1S/C29H29F3N8OS/c1-16-23(27-37-24-17(2)33-12-10-22(24)42-27)26(36-20-7-4-18(14-20)15-41)39-28(35-16)38-25(29(30,31)32)19-5-8-21(9-6-19)40-13-3-11-34-40/h3,5-6,8-13,18,20,25,41H,4,7,14-15H2,1-2H3,(H2,35,36,38,39). The SMILES string of the molecule is Cc1nc(NC(c2ccc(-n3cccn3)cc2)C(F)(F)F)nc(NC2CCC(CO)C2)c1-c1nc2c(C)nccc2s1. The highest BCUT2D eigenvalue weighted by Gasteiger charge is 2.41. The van der Waals surface area contributed by atoms with Crippen LogP contribution in [0.5, 0.6) is 0 Å². The Balaban J connectivity index is 1.37. The molecule has 0 bridgehead atoms. The van der Waals surface area contributed by atoms with Gasteiger partial charge in [-0.05, 0) is 68.9 Å². The van der Waals surface area contributed by atoms with Gasteiger partial charge < -0.3 is 15.7 Å². The normalized spacial score (nSPS) is 18.0. The van der Waals surface area contributed by atoms with Crippen molar-refractivity contribution in [1.82, 2.24) is 29.7 Å². The van der Waals surface area contributed by atoms with Gasteiger partial charge in [-0.1, -0.05) is 12.1 Å². The van der Waals surface area contributed by atoms with Gasteiger partial charge in [0, 0.05) is 31.2 Å². The lowest BCUT2D eigenvalue weighted by molar-refractivity contribution is -0.144. The second-order valence-electron chi connectivity index (χ2n) is 10.5. The van der Waals surface area contributed by atoms with Gasteiger partial charge in [0.05, 0.1) is 27.3 Å². The summed E-state index contributed by atoms with van der Waals surface area (Å²) in [5, 5.41) is 20.4. The number of anilines is 2. The number of benzene rings is 1. The number of hydrogen-bond donors (Lipinski definition) is 3. The lowest BCUT2D eigenvalue weighted by Crippen LogP contribution is -2.29. The summed E-state index contributed by atoms with van der Waals surface area (Å²) in [6.45, 7) is 3.72. The summed E-state index contributed by atoms with van der Waals surface area (Å²) in [5.74, 6) is 0.433. The Hall–Kier alpha value is -4.10. The van der Waals surface area contributed by atoms with Crippen LogP contribution in [0.15, 0.2) is 55.0 Å². The molecule has 4 heterocycles. The van der Waals surface area contributed by atoms with Gasteiger partial charge in [-0.2, -0.15) is 23.3 Å². The maximum atomic E-state index is 14.4. The smallest absolute Gasteiger partial charge is 0.396 e. The average Bonchev–Trinajstić information content (AvgIpc) is 3.73. The van der Waals surface area contributed by atoms with Crippen LogP contribution in [0, 0.1) is 19.8 Å². The van der Waals surface area contributed by atoms with Crippen molar-refractivity contribution in [2.24, 2.45) is 5.92 Å². The highest BCUT2D eigenvalue weighted by atomic mass is 32.1. The molecule has 3 atom stereocenters. The molecule has 1 aliphatic carbocycles. The molecule has 42 heavy (non-hydrogen) atoms. The summed E-state index contributed by atoms with van der Waals surface area (Å²) < 4.78 is 45.7. The summed E-state index contributed by atoms with van der Waals surface area (Å²) in [6.07, 6.45) is 2.83. The third kappa shape index (κ3) is 5.66. The van der Waals surface area contributed by atoms with E-state index in [0.29, 0.717) is 27.8 Å². The Bertz CT molecular complexity index is 1690. The number of hydrogen-bond acceptors (Lipinski definition) is 9. The molecule has 3 unspecified atom stereocenters.